The number of hydrogen-bond acceptors (Lipinski definition) is 15. The number of nitro groups is 1. The van der Waals surface area contributed by atoms with E-state index < -0.39 is 37.1 Å². The van der Waals surface area contributed by atoms with Crippen LogP contribution in [0, 0.1) is 15.5 Å². The number of fused-ring (bicyclic) bond motifs is 1. The second-order valence-electron chi connectivity index (χ2n) is 21.4. The van der Waals surface area contributed by atoms with E-state index in [1.807, 2.05) is 18.2 Å². The Hall–Kier alpha value is -6.71. The molecule has 0 bridgehead atoms. The number of H-pyrrole nitrogens is 1. The number of hydrogen-bond donors (Lipinski definition) is 3. The number of piperidine rings is 1. The molecular weight excluding hydrogens is 980 g/mol. The van der Waals surface area contributed by atoms with Gasteiger partial charge < -0.3 is 29.4 Å². The summed E-state index contributed by atoms with van der Waals surface area (Å²) in [6.45, 7) is 11.9. The first kappa shape index (κ1) is 50.4. The van der Waals surface area contributed by atoms with Crippen molar-refractivity contribution in [3.8, 4) is 17.2 Å². The van der Waals surface area contributed by atoms with Gasteiger partial charge in [-0.15, -0.1) is 0 Å². The molecule has 6 aromatic rings. The van der Waals surface area contributed by atoms with E-state index in [0.29, 0.717) is 55.5 Å². The number of rotatable bonds is 17. The molecule has 4 aliphatic heterocycles. The lowest BCUT2D eigenvalue weighted by molar-refractivity contribution is -0.384. The number of aromatic nitrogens is 3. The number of pyridine rings is 2. The number of nitrogens with one attached hydrogen (secondary N) is 3. The largest absolute Gasteiger partial charge is 0.497 e. The Labute approximate surface area is 435 Å². The van der Waals surface area contributed by atoms with Crippen molar-refractivity contribution in [2.75, 3.05) is 82.9 Å². The van der Waals surface area contributed by atoms with Crippen LogP contribution in [0.1, 0.15) is 78.5 Å². The molecule has 1 unspecified atom stereocenters. The third-order valence-electron chi connectivity index (χ3n) is 16.1. The number of carbonyl (C=O) groups excluding carboxylic acids is 1. The SMILES string of the molecule is COc1ccc(CN2CCN(C3CC4(C3)CN(c3cc(Oc5cnc6[nH]ccc6c5)c(C(=O)NS(=O)(=O)c5ccc(NCC6(F)CCN(C7COC7)CC6)c([N+](=O)[O-])c5)cn3)C4)C(c3ccccc3C(C)C)C2)cc1. The van der Waals surface area contributed by atoms with Crippen LogP contribution >= 0.6 is 0 Å². The fourth-order valence-electron chi connectivity index (χ4n) is 11.7. The number of carbonyl (C=O) groups is 1. The number of sulfonamides is 1. The van der Waals surface area contributed by atoms with Crippen molar-refractivity contribution in [2.24, 2.45) is 5.41 Å². The lowest BCUT2D eigenvalue weighted by Crippen LogP contribution is -2.68. The van der Waals surface area contributed by atoms with Gasteiger partial charge in [0.25, 0.3) is 21.6 Å². The van der Waals surface area contributed by atoms with Gasteiger partial charge >= 0.3 is 0 Å². The van der Waals surface area contributed by atoms with E-state index >= 15 is 4.39 Å². The van der Waals surface area contributed by atoms with Crippen LogP contribution in [-0.4, -0.2) is 139 Å². The van der Waals surface area contributed by atoms with Gasteiger partial charge in [0.1, 0.15) is 45.6 Å². The van der Waals surface area contributed by atoms with Crippen LogP contribution in [0.4, 0.5) is 21.6 Å². The number of nitrogens with zero attached hydrogens (tertiary/aromatic N) is 7. The molecule has 0 radical (unpaired) electrons. The number of nitro benzene ring substituents is 1. The number of benzene rings is 3. The lowest BCUT2D eigenvalue weighted by Gasteiger charge is -2.63. The smallest absolute Gasteiger partial charge is 0.293 e. The predicted octanol–water partition coefficient (Wildman–Crippen LogP) is 8.05. The zero-order valence-corrected chi connectivity index (χ0v) is 43.2. The van der Waals surface area contributed by atoms with Crippen LogP contribution < -0.4 is 24.4 Å². The normalized spacial score (nSPS) is 20.3. The number of likely N-dealkylation sites (tertiary alicyclic amines) is 1. The Morgan fingerprint density at radius 1 is 0.947 bits per heavy atom. The third-order valence-corrected chi connectivity index (χ3v) is 17.4. The average molecular weight is 1040 g/mol. The summed E-state index contributed by atoms with van der Waals surface area (Å²) in [6, 6.07) is 26.6. The maximum Gasteiger partial charge on any atom is 0.293 e. The number of anilines is 2. The molecule has 1 amide bonds. The molecule has 18 nitrogen and oxygen atoms in total. The first-order chi connectivity index (χ1) is 36.1. The molecule has 1 saturated carbocycles. The van der Waals surface area contributed by atoms with Crippen molar-refractivity contribution < 1.29 is 36.7 Å². The van der Waals surface area contributed by atoms with E-state index in [0.717, 1.165) is 75.4 Å². The van der Waals surface area contributed by atoms with E-state index in [9.17, 15) is 23.3 Å². The molecule has 11 rings (SSSR count). The molecule has 5 aliphatic rings. The van der Waals surface area contributed by atoms with Crippen molar-refractivity contribution >= 4 is 44.2 Å². The number of ether oxygens (including phenoxy) is 3. The molecule has 3 aromatic carbocycles. The number of alkyl halides is 1. The highest BCUT2D eigenvalue weighted by Crippen LogP contribution is 2.53. The van der Waals surface area contributed by atoms with Crippen molar-refractivity contribution in [2.45, 2.75) is 80.7 Å². The highest BCUT2D eigenvalue weighted by atomic mass is 32.2. The quantitative estimate of drug-likeness (QED) is 0.0585. The van der Waals surface area contributed by atoms with Gasteiger partial charge in [0, 0.05) is 106 Å². The van der Waals surface area contributed by atoms with Crippen LogP contribution in [0.25, 0.3) is 11.0 Å². The maximum absolute atomic E-state index is 15.9. The van der Waals surface area contributed by atoms with Gasteiger partial charge in [-0.2, -0.15) is 0 Å². The zero-order chi connectivity index (χ0) is 52.1. The topological polar surface area (TPSA) is 201 Å². The molecule has 1 atom stereocenters. The summed E-state index contributed by atoms with van der Waals surface area (Å²) in [5, 5.41) is 15.9. The second kappa shape index (κ2) is 20.4. The van der Waals surface area contributed by atoms with Gasteiger partial charge in [-0.25, -0.2) is 27.5 Å². The van der Waals surface area contributed by atoms with Crippen LogP contribution in [0.3, 0.4) is 0 Å². The minimum Gasteiger partial charge on any atom is -0.497 e. The molecule has 1 aliphatic carbocycles. The Morgan fingerprint density at radius 3 is 2.44 bits per heavy atom. The van der Waals surface area contributed by atoms with Gasteiger partial charge in [0.2, 0.25) is 0 Å². The monoisotopic (exact) mass is 1040 g/mol. The zero-order valence-electron chi connectivity index (χ0n) is 42.4. The number of amides is 1. The van der Waals surface area contributed by atoms with Crippen LogP contribution in [0.5, 0.6) is 17.2 Å². The Balaban J connectivity index is 0.779. The van der Waals surface area contributed by atoms with Gasteiger partial charge in [-0.1, -0.05) is 50.2 Å². The van der Waals surface area contributed by atoms with Crippen molar-refractivity contribution in [3.05, 3.63) is 136 Å². The molecule has 3 aromatic heterocycles. The summed E-state index contributed by atoms with van der Waals surface area (Å²) in [7, 11) is -3.00. The van der Waals surface area contributed by atoms with Gasteiger partial charge in [0.15, 0.2) is 0 Å². The highest BCUT2D eigenvalue weighted by Gasteiger charge is 2.55. The van der Waals surface area contributed by atoms with Gasteiger partial charge in [0.05, 0.1) is 42.4 Å². The molecule has 7 heterocycles. The van der Waals surface area contributed by atoms with E-state index in [2.05, 4.69) is 94.8 Å². The minimum atomic E-state index is -4.69. The molecule has 394 valence electrons. The van der Waals surface area contributed by atoms with Gasteiger partial charge in [-0.3, -0.25) is 29.6 Å². The van der Waals surface area contributed by atoms with Crippen molar-refractivity contribution in [1.82, 2.24) is 34.4 Å². The molecule has 4 saturated heterocycles. The fraction of sp³-hybridized carbons (Fsp3) is 0.436. The number of halogens is 1. The minimum absolute atomic E-state index is 0.0399. The van der Waals surface area contributed by atoms with Crippen LogP contribution in [0.15, 0.2) is 108 Å². The lowest BCUT2D eigenvalue weighted by atomic mass is 9.60. The molecular formula is C55H63FN10O8S. The Kier molecular flexibility index (Phi) is 13.7. The van der Waals surface area contributed by atoms with Crippen LogP contribution in [-0.2, 0) is 21.3 Å². The predicted molar refractivity (Wildman–Crippen MR) is 282 cm³/mol. The summed E-state index contributed by atoms with van der Waals surface area (Å²) >= 11 is 0. The van der Waals surface area contributed by atoms with E-state index in [-0.39, 0.29) is 53.9 Å². The first-order valence-electron chi connectivity index (χ1n) is 25.8. The highest BCUT2D eigenvalue weighted by molar-refractivity contribution is 7.90. The number of aromatic amines is 1. The standard InChI is InChI=1S/C55H63FN10O8S/c1-36(2)44-6-4-5-7-45(44)49-30-62(29-37-8-10-41(72-3)11-9-37)20-21-65(49)39-25-54(26-39)34-64(35-54)51-24-50(74-42-22-38-14-17-57-52(38)59-27-42)46(28-58-51)53(67)61-75(70,71)43-12-13-47(48(23-43)66(68)69)60-33-55(56)15-18-63(19-16-55)40-31-73-32-40/h4-14,17,22-24,27-28,36,39-40,49,60H,15-16,18-21,25-26,29-35H2,1-3H3,(H,57,59)(H,61,67). The van der Waals surface area contributed by atoms with E-state index in [1.165, 1.54) is 35.2 Å². The molecule has 75 heavy (non-hydrogen) atoms. The van der Waals surface area contributed by atoms with Crippen molar-refractivity contribution in [3.63, 3.8) is 0 Å². The summed E-state index contributed by atoms with van der Waals surface area (Å²) in [5.41, 5.74) is 2.36. The third kappa shape index (κ3) is 10.5. The van der Waals surface area contributed by atoms with Crippen LogP contribution in [0.2, 0.25) is 0 Å². The fourth-order valence-corrected chi connectivity index (χ4v) is 12.7. The summed E-state index contributed by atoms with van der Waals surface area (Å²) in [4.78, 5) is 46.9. The summed E-state index contributed by atoms with van der Waals surface area (Å²) in [6.07, 6.45) is 7.09. The Bertz CT molecular complexity index is 3190. The summed E-state index contributed by atoms with van der Waals surface area (Å²) < 4.78 is 62.7. The Morgan fingerprint density at radius 2 is 1.72 bits per heavy atom. The molecule has 20 heteroatoms. The number of methoxy groups -OCH3 is 1. The second-order valence-corrected chi connectivity index (χ2v) is 23.1. The van der Waals surface area contributed by atoms with Crippen molar-refractivity contribution in [1.29, 1.82) is 0 Å². The molecule has 5 fully saturated rings. The van der Waals surface area contributed by atoms with E-state index in [4.69, 9.17) is 14.2 Å². The van der Waals surface area contributed by atoms with E-state index in [1.54, 1.807) is 25.4 Å². The summed E-state index contributed by atoms with van der Waals surface area (Å²) in [5.74, 6) is 1.11. The van der Waals surface area contributed by atoms with Gasteiger partial charge in [-0.05, 0) is 84.7 Å². The first-order valence-corrected chi connectivity index (χ1v) is 27.3. The maximum atomic E-state index is 15.9. The molecule has 1 spiro atoms. The average Bonchev–Trinajstić information content (AvgIpc) is 3.84. The number of piperazine rings is 1. The molecule has 3 N–H and O–H groups in total.